The van der Waals surface area contributed by atoms with Crippen molar-refractivity contribution < 1.29 is 19.7 Å². The first-order valence-corrected chi connectivity index (χ1v) is 7.92. The first-order valence-electron chi connectivity index (χ1n) is 7.92. The molecular weight excluding hydrogens is 280 g/mol. The summed E-state index contributed by atoms with van der Waals surface area (Å²) < 4.78 is 5.38. The molecule has 0 heterocycles. The highest BCUT2D eigenvalue weighted by molar-refractivity contribution is 5.81. The van der Waals surface area contributed by atoms with Crippen molar-refractivity contribution in [3.8, 4) is 0 Å². The van der Waals surface area contributed by atoms with Gasteiger partial charge in [-0.05, 0) is 43.4 Å². The van der Waals surface area contributed by atoms with Gasteiger partial charge in [-0.1, -0.05) is 41.2 Å². The molecule has 0 fully saturated rings. The predicted octanol–water partition coefficient (Wildman–Crippen LogP) is 3.32. The van der Waals surface area contributed by atoms with Gasteiger partial charge in [-0.2, -0.15) is 0 Å². The summed E-state index contributed by atoms with van der Waals surface area (Å²) in [5, 5.41) is 20.1. The van der Waals surface area contributed by atoms with Gasteiger partial charge >= 0.3 is 5.97 Å². The van der Waals surface area contributed by atoms with Crippen LogP contribution in [-0.2, 0) is 9.53 Å². The normalized spacial score (nSPS) is 16.0. The highest BCUT2D eigenvalue weighted by Gasteiger charge is 2.43. The van der Waals surface area contributed by atoms with Crippen molar-refractivity contribution >= 4 is 5.97 Å². The van der Waals surface area contributed by atoms with E-state index in [0.717, 1.165) is 12.5 Å². The lowest BCUT2D eigenvalue weighted by atomic mass is 9.65. The van der Waals surface area contributed by atoms with Crippen LogP contribution < -0.4 is 0 Å². The molecule has 4 nitrogen and oxygen atoms in total. The molecule has 2 unspecified atom stereocenters. The Kier molecular flexibility index (Phi) is 7.30. The Labute approximate surface area is 135 Å². The standard InChI is InChI=1S/C18H34O4/c1-9-14(20)22-18(7,8)12-17(5,6)15(21)16(3,4)10-13(2)11-19/h9,13,15,19,21H,1,10-12H2,2-8H3. The molecule has 2 N–H and O–H groups in total. The Morgan fingerprint density at radius 1 is 1.18 bits per heavy atom. The van der Waals surface area contributed by atoms with Crippen LogP contribution in [0.1, 0.15) is 61.3 Å². The molecule has 0 aromatic heterocycles. The van der Waals surface area contributed by atoms with E-state index >= 15 is 0 Å². The lowest BCUT2D eigenvalue weighted by molar-refractivity contribution is -0.157. The average Bonchev–Trinajstić information content (AvgIpc) is 2.34. The van der Waals surface area contributed by atoms with Gasteiger partial charge in [0.25, 0.3) is 0 Å². The Hall–Kier alpha value is -0.870. The van der Waals surface area contributed by atoms with E-state index in [1.807, 2.05) is 48.5 Å². The minimum Gasteiger partial charge on any atom is -0.457 e. The van der Waals surface area contributed by atoms with Crippen molar-refractivity contribution in [1.29, 1.82) is 0 Å². The van der Waals surface area contributed by atoms with E-state index in [0.29, 0.717) is 6.42 Å². The van der Waals surface area contributed by atoms with Crippen molar-refractivity contribution in [1.82, 2.24) is 0 Å². The maximum atomic E-state index is 11.4. The maximum absolute atomic E-state index is 11.4. The van der Waals surface area contributed by atoms with Gasteiger partial charge in [0.15, 0.2) is 0 Å². The SMILES string of the molecule is C=CC(=O)OC(C)(C)CC(C)(C)C(O)C(C)(C)CC(C)CO. The third kappa shape index (κ3) is 6.49. The van der Waals surface area contributed by atoms with Crippen molar-refractivity contribution in [3.05, 3.63) is 12.7 Å². The number of rotatable bonds is 9. The highest BCUT2D eigenvalue weighted by atomic mass is 16.6. The molecule has 0 aromatic rings. The zero-order valence-electron chi connectivity index (χ0n) is 15.3. The van der Waals surface area contributed by atoms with Crippen molar-refractivity contribution in [2.75, 3.05) is 6.61 Å². The van der Waals surface area contributed by atoms with Crippen LogP contribution >= 0.6 is 0 Å². The minimum absolute atomic E-state index is 0.110. The third-order valence-corrected chi connectivity index (χ3v) is 4.09. The molecule has 0 aromatic carbocycles. The van der Waals surface area contributed by atoms with Crippen LogP contribution in [0.2, 0.25) is 0 Å². The monoisotopic (exact) mass is 314 g/mol. The third-order valence-electron chi connectivity index (χ3n) is 4.09. The first-order chi connectivity index (χ1) is 9.77. The van der Waals surface area contributed by atoms with Crippen molar-refractivity contribution in [2.45, 2.75) is 73.0 Å². The summed E-state index contributed by atoms with van der Waals surface area (Å²) in [5.41, 5.74) is -1.47. The smallest absolute Gasteiger partial charge is 0.330 e. The van der Waals surface area contributed by atoms with E-state index in [1.165, 1.54) is 0 Å². The van der Waals surface area contributed by atoms with Gasteiger partial charge in [0, 0.05) is 12.7 Å². The second-order valence-corrected chi connectivity index (χ2v) is 8.43. The summed E-state index contributed by atoms with van der Waals surface area (Å²) >= 11 is 0. The number of ether oxygens (including phenoxy) is 1. The summed E-state index contributed by atoms with van der Waals surface area (Å²) in [7, 11) is 0. The average molecular weight is 314 g/mol. The quantitative estimate of drug-likeness (QED) is 0.506. The molecule has 0 aliphatic carbocycles. The number of aliphatic hydroxyl groups excluding tert-OH is 2. The van der Waals surface area contributed by atoms with E-state index < -0.39 is 23.1 Å². The lowest BCUT2D eigenvalue weighted by Gasteiger charge is -2.45. The number of carbonyl (C=O) groups excluding carboxylic acids is 1. The molecule has 0 amide bonds. The molecule has 0 aliphatic rings. The summed E-state index contributed by atoms with van der Waals surface area (Å²) in [6.45, 7) is 17.1. The van der Waals surface area contributed by atoms with Gasteiger partial charge in [0.05, 0.1) is 6.10 Å². The van der Waals surface area contributed by atoms with Gasteiger partial charge in [-0.15, -0.1) is 0 Å². The topological polar surface area (TPSA) is 66.8 Å². The molecule has 0 aliphatic heterocycles. The van der Waals surface area contributed by atoms with Gasteiger partial charge in [-0.3, -0.25) is 0 Å². The summed E-state index contributed by atoms with van der Waals surface area (Å²) in [5.74, 6) is -0.324. The number of hydrogen-bond acceptors (Lipinski definition) is 4. The van der Waals surface area contributed by atoms with Crippen LogP contribution in [0.5, 0.6) is 0 Å². The van der Waals surface area contributed by atoms with Crippen LogP contribution in [0.25, 0.3) is 0 Å². The fourth-order valence-corrected chi connectivity index (χ4v) is 3.68. The fraction of sp³-hybridized carbons (Fsp3) is 0.833. The van der Waals surface area contributed by atoms with E-state index in [4.69, 9.17) is 4.74 Å². The van der Waals surface area contributed by atoms with Crippen LogP contribution in [0.3, 0.4) is 0 Å². The molecule has 0 saturated heterocycles. The van der Waals surface area contributed by atoms with Crippen LogP contribution in [-0.4, -0.2) is 34.5 Å². The first kappa shape index (κ1) is 21.1. The number of hydrogen-bond donors (Lipinski definition) is 2. The molecule has 0 spiro atoms. The fourth-order valence-electron chi connectivity index (χ4n) is 3.68. The molecular formula is C18H34O4. The van der Waals surface area contributed by atoms with Crippen LogP contribution in [0.15, 0.2) is 12.7 Å². The van der Waals surface area contributed by atoms with E-state index in [-0.39, 0.29) is 17.9 Å². The Morgan fingerprint density at radius 3 is 2.09 bits per heavy atom. The van der Waals surface area contributed by atoms with Gasteiger partial charge < -0.3 is 14.9 Å². The summed E-state index contributed by atoms with van der Waals surface area (Å²) in [6.07, 6.45) is 1.81. The van der Waals surface area contributed by atoms with E-state index in [1.54, 1.807) is 0 Å². The van der Waals surface area contributed by atoms with Gasteiger partial charge in [-0.25, -0.2) is 4.79 Å². The Bertz CT molecular complexity index is 383. The predicted molar refractivity (Wildman–Crippen MR) is 89.4 cm³/mol. The summed E-state index contributed by atoms with van der Waals surface area (Å²) in [4.78, 5) is 11.4. The molecule has 22 heavy (non-hydrogen) atoms. The number of carbonyl (C=O) groups is 1. The lowest BCUT2D eigenvalue weighted by Crippen LogP contribution is -2.46. The minimum atomic E-state index is -0.686. The zero-order chi connectivity index (χ0) is 17.8. The van der Waals surface area contributed by atoms with Gasteiger partial charge in [0.2, 0.25) is 0 Å². The van der Waals surface area contributed by atoms with Crippen LogP contribution in [0, 0.1) is 16.7 Å². The van der Waals surface area contributed by atoms with Gasteiger partial charge in [0.1, 0.15) is 5.60 Å². The largest absolute Gasteiger partial charge is 0.457 e. The van der Waals surface area contributed by atoms with Crippen molar-refractivity contribution in [3.63, 3.8) is 0 Å². The molecule has 0 bridgehead atoms. The molecule has 0 saturated carbocycles. The zero-order valence-corrected chi connectivity index (χ0v) is 15.3. The molecule has 0 rings (SSSR count). The van der Waals surface area contributed by atoms with Crippen molar-refractivity contribution in [2.24, 2.45) is 16.7 Å². The Morgan fingerprint density at radius 2 is 1.68 bits per heavy atom. The highest BCUT2D eigenvalue weighted by Crippen LogP contribution is 2.43. The van der Waals surface area contributed by atoms with E-state index in [2.05, 4.69) is 6.58 Å². The molecule has 4 heteroatoms. The van der Waals surface area contributed by atoms with E-state index in [9.17, 15) is 15.0 Å². The summed E-state index contributed by atoms with van der Waals surface area (Å²) in [6, 6.07) is 0. The number of aliphatic hydroxyl groups is 2. The maximum Gasteiger partial charge on any atom is 0.330 e. The Balaban J connectivity index is 5.04. The molecule has 130 valence electrons. The second kappa shape index (κ2) is 7.60. The molecule has 0 radical (unpaired) electrons. The number of esters is 1. The van der Waals surface area contributed by atoms with Crippen LogP contribution in [0.4, 0.5) is 0 Å². The molecule has 2 atom stereocenters. The second-order valence-electron chi connectivity index (χ2n) is 8.43.